The molecular formula is C13H8Cl2N4O. The molecule has 3 aromatic rings. The minimum absolute atomic E-state index is 0.406. The first-order chi connectivity index (χ1) is 9.72. The molecule has 0 spiro atoms. The number of hydrogen-bond acceptors (Lipinski definition) is 4. The number of nitrogens with one attached hydrogen (secondary N) is 1. The highest BCUT2D eigenvalue weighted by Gasteiger charge is 2.08. The summed E-state index contributed by atoms with van der Waals surface area (Å²) in [6.45, 7) is 0. The van der Waals surface area contributed by atoms with E-state index in [0.717, 1.165) is 5.56 Å². The predicted molar refractivity (Wildman–Crippen MR) is 77.8 cm³/mol. The Labute approximate surface area is 124 Å². The molecule has 2 heterocycles. The number of aliphatic imine (C=N–C) groups is 1. The maximum absolute atomic E-state index is 6.12. The van der Waals surface area contributed by atoms with E-state index in [4.69, 9.17) is 27.6 Å². The lowest BCUT2D eigenvalue weighted by atomic mass is 10.2. The third-order valence-corrected chi connectivity index (χ3v) is 3.10. The largest absolute Gasteiger partial charge is 0.455 e. The van der Waals surface area contributed by atoms with Crippen LogP contribution in [0.15, 0.2) is 46.1 Å². The quantitative estimate of drug-likeness (QED) is 0.740. The van der Waals surface area contributed by atoms with Crippen LogP contribution in [0.3, 0.4) is 0 Å². The van der Waals surface area contributed by atoms with Crippen LogP contribution < -0.4 is 0 Å². The second-order valence-electron chi connectivity index (χ2n) is 3.89. The summed E-state index contributed by atoms with van der Waals surface area (Å²) in [7, 11) is 0. The average Bonchev–Trinajstić information content (AvgIpc) is 3.10. The Balaban J connectivity index is 1.88. The Morgan fingerprint density at radius 3 is 2.90 bits per heavy atom. The molecule has 0 saturated carbocycles. The molecule has 20 heavy (non-hydrogen) atoms. The first kappa shape index (κ1) is 12.9. The van der Waals surface area contributed by atoms with Gasteiger partial charge in [-0.15, -0.1) is 0 Å². The highest BCUT2D eigenvalue weighted by molar-refractivity contribution is 6.35. The van der Waals surface area contributed by atoms with Gasteiger partial charge < -0.3 is 4.42 Å². The van der Waals surface area contributed by atoms with Crippen LogP contribution in [0.1, 0.15) is 5.76 Å². The molecule has 0 atom stereocenters. The maximum Gasteiger partial charge on any atom is 0.245 e. The van der Waals surface area contributed by atoms with Gasteiger partial charge in [0, 0.05) is 10.6 Å². The molecule has 0 saturated heterocycles. The van der Waals surface area contributed by atoms with Crippen LogP contribution in [-0.4, -0.2) is 21.4 Å². The van der Waals surface area contributed by atoms with Gasteiger partial charge in [-0.05, 0) is 30.3 Å². The molecule has 0 bridgehead atoms. The number of benzene rings is 1. The second kappa shape index (κ2) is 5.48. The van der Waals surface area contributed by atoms with Gasteiger partial charge in [-0.1, -0.05) is 23.2 Å². The van der Waals surface area contributed by atoms with Crippen molar-refractivity contribution in [2.75, 3.05) is 0 Å². The summed E-state index contributed by atoms with van der Waals surface area (Å²) in [6, 6.07) is 8.79. The van der Waals surface area contributed by atoms with E-state index in [1.54, 1.807) is 36.5 Å². The summed E-state index contributed by atoms with van der Waals surface area (Å²) in [5.74, 6) is 1.60. The predicted octanol–water partition coefficient (Wildman–Crippen LogP) is 4.12. The van der Waals surface area contributed by atoms with Gasteiger partial charge in [-0.25, -0.2) is 10.1 Å². The monoisotopic (exact) mass is 306 g/mol. The van der Waals surface area contributed by atoms with Gasteiger partial charge in [0.25, 0.3) is 0 Å². The van der Waals surface area contributed by atoms with E-state index < -0.39 is 0 Å². The number of H-pyrrole nitrogens is 1. The molecule has 2 aromatic heterocycles. The van der Waals surface area contributed by atoms with Gasteiger partial charge in [-0.3, -0.25) is 0 Å². The summed E-state index contributed by atoms with van der Waals surface area (Å²) in [6.07, 6.45) is 2.93. The minimum Gasteiger partial charge on any atom is -0.455 e. The topological polar surface area (TPSA) is 67.1 Å². The van der Waals surface area contributed by atoms with Crippen molar-refractivity contribution in [1.29, 1.82) is 0 Å². The molecule has 0 unspecified atom stereocenters. The number of aromatic nitrogens is 3. The molecule has 7 heteroatoms. The molecule has 0 aliphatic rings. The lowest BCUT2D eigenvalue weighted by Gasteiger charge is -2.00. The van der Waals surface area contributed by atoms with E-state index in [9.17, 15) is 0 Å². The van der Waals surface area contributed by atoms with E-state index in [1.165, 1.54) is 6.33 Å². The first-order valence-electron chi connectivity index (χ1n) is 5.67. The van der Waals surface area contributed by atoms with Gasteiger partial charge in [-0.2, -0.15) is 10.1 Å². The molecular weight excluding hydrogens is 299 g/mol. The number of furan rings is 1. The zero-order valence-corrected chi connectivity index (χ0v) is 11.6. The second-order valence-corrected chi connectivity index (χ2v) is 4.74. The van der Waals surface area contributed by atoms with Crippen molar-refractivity contribution in [3.8, 4) is 11.3 Å². The van der Waals surface area contributed by atoms with Gasteiger partial charge in [0.15, 0.2) is 0 Å². The van der Waals surface area contributed by atoms with Crippen molar-refractivity contribution in [3.63, 3.8) is 0 Å². The van der Waals surface area contributed by atoms with E-state index >= 15 is 0 Å². The lowest BCUT2D eigenvalue weighted by molar-refractivity contribution is 0.575. The number of nitrogens with zero attached hydrogens (tertiary/aromatic N) is 3. The molecule has 0 fully saturated rings. The average molecular weight is 307 g/mol. The van der Waals surface area contributed by atoms with E-state index in [2.05, 4.69) is 20.2 Å². The molecule has 3 rings (SSSR count). The smallest absolute Gasteiger partial charge is 0.245 e. The molecule has 1 N–H and O–H groups in total. The Morgan fingerprint density at radius 2 is 2.10 bits per heavy atom. The molecule has 0 aliphatic carbocycles. The fraction of sp³-hybridized carbons (Fsp3) is 0. The van der Waals surface area contributed by atoms with E-state index in [-0.39, 0.29) is 0 Å². The number of hydrogen-bond donors (Lipinski definition) is 1. The van der Waals surface area contributed by atoms with E-state index in [0.29, 0.717) is 27.5 Å². The lowest BCUT2D eigenvalue weighted by Crippen LogP contribution is -1.78. The third-order valence-electron chi connectivity index (χ3n) is 2.54. The number of rotatable bonds is 3. The SMILES string of the molecule is Clc1ccc(Cl)c(-c2ccc(C=Nc3ncn[nH]3)o2)c1. The number of halogens is 2. The zero-order chi connectivity index (χ0) is 13.9. The van der Waals surface area contributed by atoms with Crippen LogP contribution in [0, 0.1) is 0 Å². The van der Waals surface area contributed by atoms with E-state index in [1.807, 2.05) is 0 Å². The van der Waals surface area contributed by atoms with Gasteiger partial charge in [0.1, 0.15) is 17.8 Å². The van der Waals surface area contributed by atoms with Crippen molar-refractivity contribution in [1.82, 2.24) is 15.2 Å². The number of aromatic amines is 1. The summed E-state index contributed by atoms with van der Waals surface area (Å²) in [5.41, 5.74) is 0.735. The normalized spacial score (nSPS) is 11.3. The molecule has 100 valence electrons. The fourth-order valence-electron chi connectivity index (χ4n) is 1.64. The van der Waals surface area contributed by atoms with Gasteiger partial charge in [0.2, 0.25) is 5.95 Å². The standard InChI is InChI=1S/C13H8Cl2N4O/c14-8-1-3-11(15)10(5-8)12-4-2-9(20-12)6-16-13-17-7-18-19-13/h1-7H,(H,17,18,19). The van der Waals surface area contributed by atoms with Crippen LogP contribution in [0.2, 0.25) is 10.0 Å². The fourth-order valence-corrected chi connectivity index (χ4v) is 2.02. The Bertz CT molecular complexity index is 750. The van der Waals surface area contributed by atoms with Gasteiger partial charge >= 0.3 is 0 Å². The Hall–Kier alpha value is -2.11. The van der Waals surface area contributed by atoms with Crippen molar-refractivity contribution in [3.05, 3.63) is 52.5 Å². The highest BCUT2D eigenvalue weighted by atomic mass is 35.5. The summed E-state index contributed by atoms with van der Waals surface area (Å²) in [4.78, 5) is 7.95. The van der Waals surface area contributed by atoms with Crippen LogP contribution in [0.5, 0.6) is 0 Å². The van der Waals surface area contributed by atoms with Crippen LogP contribution in [-0.2, 0) is 0 Å². The van der Waals surface area contributed by atoms with Crippen molar-refractivity contribution >= 4 is 35.4 Å². The minimum atomic E-state index is 0.406. The first-order valence-corrected chi connectivity index (χ1v) is 6.42. The molecule has 0 aliphatic heterocycles. The molecule has 5 nitrogen and oxygen atoms in total. The maximum atomic E-state index is 6.12. The Morgan fingerprint density at radius 1 is 1.20 bits per heavy atom. The van der Waals surface area contributed by atoms with Crippen molar-refractivity contribution < 1.29 is 4.42 Å². The van der Waals surface area contributed by atoms with Crippen molar-refractivity contribution in [2.24, 2.45) is 4.99 Å². The third kappa shape index (κ3) is 2.74. The molecule has 1 aromatic carbocycles. The van der Waals surface area contributed by atoms with Crippen LogP contribution in [0.4, 0.5) is 5.95 Å². The van der Waals surface area contributed by atoms with Crippen LogP contribution >= 0.6 is 23.2 Å². The molecule has 0 amide bonds. The van der Waals surface area contributed by atoms with Gasteiger partial charge in [0.05, 0.1) is 11.2 Å². The summed E-state index contributed by atoms with van der Waals surface area (Å²) >= 11 is 12.1. The summed E-state index contributed by atoms with van der Waals surface area (Å²) in [5, 5.41) is 7.49. The Kier molecular flexibility index (Phi) is 3.54. The highest BCUT2D eigenvalue weighted by Crippen LogP contribution is 2.31. The van der Waals surface area contributed by atoms with Crippen molar-refractivity contribution in [2.45, 2.75) is 0 Å². The zero-order valence-electron chi connectivity index (χ0n) is 10.0. The molecule has 0 radical (unpaired) electrons. The summed E-state index contributed by atoms with van der Waals surface area (Å²) < 4.78 is 5.65. The van der Waals surface area contributed by atoms with Crippen LogP contribution in [0.25, 0.3) is 11.3 Å².